The molecule has 118 valence electrons. The minimum atomic E-state index is 0.0251. The molecule has 23 heavy (non-hydrogen) atoms. The monoisotopic (exact) mass is 345 g/mol. The SMILES string of the molecule is O=C(c1cscn1)N1CCCN(c2ncnc3ccsc23)CC1. The van der Waals surface area contributed by atoms with Crippen LogP contribution in [0.15, 0.2) is 28.7 Å². The molecule has 0 spiro atoms. The molecule has 3 aromatic heterocycles. The topological polar surface area (TPSA) is 62.2 Å². The van der Waals surface area contributed by atoms with E-state index in [1.807, 2.05) is 21.7 Å². The summed E-state index contributed by atoms with van der Waals surface area (Å²) in [4.78, 5) is 29.5. The number of thiophene rings is 1. The van der Waals surface area contributed by atoms with Gasteiger partial charge in [-0.1, -0.05) is 0 Å². The van der Waals surface area contributed by atoms with Gasteiger partial charge in [0.1, 0.15) is 17.8 Å². The molecule has 0 radical (unpaired) electrons. The van der Waals surface area contributed by atoms with Crippen molar-refractivity contribution in [3.63, 3.8) is 0 Å². The van der Waals surface area contributed by atoms with Crippen molar-refractivity contribution in [3.05, 3.63) is 34.4 Å². The molecule has 1 aliphatic rings. The van der Waals surface area contributed by atoms with E-state index in [4.69, 9.17) is 0 Å². The molecule has 0 unspecified atom stereocenters. The highest BCUT2D eigenvalue weighted by Gasteiger charge is 2.23. The van der Waals surface area contributed by atoms with Gasteiger partial charge in [-0.3, -0.25) is 4.79 Å². The second-order valence-corrected chi connectivity index (χ2v) is 6.97. The molecule has 0 N–H and O–H groups in total. The van der Waals surface area contributed by atoms with Crippen molar-refractivity contribution in [3.8, 4) is 0 Å². The number of anilines is 1. The highest BCUT2D eigenvalue weighted by molar-refractivity contribution is 7.17. The lowest BCUT2D eigenvalue weighted by molar-refractivity contribution is 0.0762. The van der Waals surface area contributed by atoms with Gasteiger partial charge in [0.05, 0.1) is 15.7 Å². The van der Waals surface area contributed by atoms with Crippen molar-refractivity contribution in [2.75, 3.05) is 31.1 Å². The van der Waals surface area contributed by atoms with E-state index in [-0.39, 0.29) is 5.91 Å². The van der Waals surface area contributed by atoms with E-state index in [0.29, 0.717) is 12.2 Å². The summed E-state index contributed by atoms with van der Waals surface area (Å²) < 4.78 is 1.12. The summed E-state index contributed by atoms with van der Waals surface area (Å²) in [6, 6.07) is 2.01. The van der Waals surface area contributed by atoms with E-state index in [1.54, 1.807) is 23.2 Å². The molecule has 0 aromatic carbocycles. The van der Waals surface area contributed by atoms with Crippen LogP contribution in [0.5, 0.6) is 0 Å². The molecule has 4 heterocycles. The summed E-state index contributed by atoms with van der Waals surface area (Å²) in [7, 11) is 0. The molecule has 1 aliphatic heterocycles. The number of hydrogen-bond donors (Lipinski definition) is 0. The first-order valence-electron chi connectivity index (χ1n) is 7.43. The maximum atomic E-state index is 12.5. The van der Waals surface area contributed by atoms with Crippen LogP contribution in [-0.4, -0.2) is 51.9 Å². The van der Waals surface area contributed by atoms with Crippen LogP contribution in [0.25, 0.3) is 10.2 Å². The van der Waals surface area contributed by atoms with Gasteiger partial charge in [0.25, 0.3) is 5.91 Å². The third-order valence-electron chi connectivity index (χ3n) is 3.96. The molecule has 3 aromatic rings. The van der Waals surface area contributed by atoms with Gasteiger partial charge in [-0.15, -0.1) is 22.7 Å². The highest BCUT2D eigenvalue weighted by atomic mass is 32.1. The fraction of sp³-hybridized carbons (Fsp3) is 0.333. The van der Waals surface area contributed by atoms with E-state index in [1.165, 1.54) is 11.3 Å². The van der Waals surface area contributed by atoms with E-state index < -0.39 is 0 Å². The summed E-state index contributed by atoms with van der Waals surface area (Å²) >= 11 is 3.12. The Bertz CT molecular complexity index is 816. The van der Waals surface area contributed by atoms with Gasteiger partial charge in [0.15, 0.2) is 0 Å². The number of nitrogens with zero attached hydrogens (tertiary/aromatic N) is 5. The van der Waals surface area contributed by atoms with Crippen LogP contribution in [0.3, 0.4) is 0 Å². The minimum Gasteiger partial charge on any atom is -0.353 e. The molecule has 0 atom stereocenters. The van der Waals surface area contributed by atoms with Gasteiger partial charge >= 0.3 is 0 Å². The van der Waals surface area contributed by atoms with Gasteiger partial charge in [-0.2, -0.15) is 0 Å². The summed E-state index contributed by atoms with van der Waals surface area (Å²) in [6.45, 7) is 3.11. The molecule has 6 nitrogen and oxygen atoms in total. The Hall–Kier alpha value is -2.06. The van der Waals surface area contributed by atoms with Crippen molar-refractivity contribution in [1.82, 2.24) is 19.9 Å². The molecular formula is C15H15N5OS2. The van der Waals surface area contributed by atoms with E-state index in [0.717, 1.165) is 42.1 Å². The average Bonchev–Trinajstić information content (AvgIpc) is 3.21. The highest BCUT2D eigenvalue weighted by Crippen LogP contribution is 2.28. The van der Waals surface area contributed by atoms with Gasteiger partial charge in [0, 0.05) is 31.6 Å². The maximum absolute atomic E-state index is 12.5. The number of aromatic nitrogens is 3. The zero-order valence-electron chi connectivity index (χ0n) is 12.4. The Labute approximate surface area is 141 Å². The van der Waals surface area contributed by atoms with Crippen LogP contribution in [0, 0.1) is 0 Å². The zero-order valence-corrected chi connectivity index (χ0v) is 14.0. The van der Waals surface area contributed by atoms with E-state index in [9.17, 15) is 4.79 Å². The predicted molar refractivity (Wildman–Crippen MR) is 92.3 cm³/mol. The summed E-state index contributed by atoms with van der Waals surface area (Å²) in [5.74, 6) is 1.00. The van der Waals surface area contributed by atoms with E-state index >= 15 is 0 Å². The number of hydrogen-bond acceptors (Lipinski definition) is 7. The number of carbonyl (C=O) groups excluding carboxylic acids is 1. The van der Waals surface area contributed by atoms with Crippen LogP contribution in [0.1, 0.15) is 16.9 Å². The normalized spacial score (nSPS) is 15.8. The third kappa shape index (κ3) is 2.79. The molecule has 1 saturated heterocycles. The first-order chi connectivity index (χ1) is 11.3. The molecule has 0 bridgehead atoms. The Kier molecular flexibility index (Phi) is 3.92. The number of amides is 1. The average molecular weight is 345 g/mol. The van der Waals surface area contributed by atoms with Gasteiger partial charge in [-0.05, 0) is 17.9 Å². The lowest BCUT2D eigenvalue weighted by Crippen LogP contribution is -2.35. The fourth-order valence-corrected chi connectivity index (χ4v) is 4.20. The Morgan fingerprint density at radius 3 is 2.96 bits per heavy atom. The lowest BCUT2D eigenvalue weighted by Gasteiger charge is -2.22. The predicted octanol–water partition coefficient (Wildman–Crippen LogP) is 2.50. The quantitative estimate of drug-likeness (QED) is 0.714. The molecule has 8 heteroatoms. The Morgan fingerprint density at radius 1 is 1.13 bits per heavy atom. The Balaban J connectivity index is 1.53. The number of thiazole rings is 1. The van der Waals surface area contributed by atoms with Gasteiger partial charge in [-0.25, -0.2) is 15.0 Å². The summed E-state index contributed by atoms with van der Waals surface area (Å²) in [5, 5.41) is 3.85. The van der Waals surface area contributed by atoms with Crippen molar-refractivity contribution in [2.45, 2.75) is 6.42 Å². The second kappa shape index (κ2) is 6.21. The number of carbonyl (C=O) groups is 1. The molecule has 0 aliphatic carbocycles. The first kappa shape index (κ1) is 14.5. The standard InChI is InChI=1S/C15H15N5OS2/c21-15(12-8-22-10-18-12)20-4-1-3-19(5-6-20)14-13-11(2-7-23-13)16-9-17-14/h2,7-10H,1,3-6H2. The van der Waals surface area contributed by atoms with Crippen LogP contribution in [-0.2, 0) is 0 Å². The number of fused-ring (bicyclic) bond motifs is 1. The van der Waals surface area contributed by atoms with Crippen LogP contribution in [0.4, 0.5) is 5.82 Å². The number of rotatable bonds is 2. The van der Waals surface area contributed by atoms with Crippen LogP contribution >= 0.6 is 22.7 Å². The smallest absolute Gasteiger partial charge is 0.273 e. The van der Waals surface area contributed by atoms with E-state index in [2.05, 4.69) is 19.9 Å². The van der Waals surface area contributed by atoms with Crippen LogP contribution < -0.4 is 4.90 Å². The van der Waals surface area contributed by atoms with Crippen LogP contribution in [0.2, 0.25) is 0 Å². The molecule has 1 fully saturated rings. The van der Waals surface area contributed by atoms with Crippen molar-refractivity contribution >= 4 is 44.6 Å². The van der Waals surface area contributed by atoms with Crippen molar-refractivity contribution in [2.24, 2.45) is 0 Å². The largest absolute Gasteiger partial charge is 0.353 e. The third-order valence-corrected chi connectivity index (χ3v) is 5.44. The zero-order chi connectivity index (χ0) is 15.6. The summed E-state index contributed by atoms with van der Waals surface area (Å²) in [5.41, 5.74) is 3.23. The lowest BCUT2D eigenvalue weighted by atomic mass is 10.3. The first-order valence-corrected chi connectivity index (χ1v) is 9.26. The molecule has 1 amide bonds. The fourth-order valence-electron chi connectivity index (χ4n) is 2.81. The second-order valence-electron chi connectivity index (χ2n) is 5.34. The Morgan fingerprint density at radius 2 is 2.09 bits per heavy atom. The van der Waals surface area contributed by atoms with Gasteiger partial charge in [0.2, 0.25) is 0 Å². The van der Waals surface area contributed by atoms with Crippen molar-refractivity contribution < 1.29 is 4.79 Å². The van der Waals surface area contributed by atoms with Crippen molar-refractivity contribution in [1.29, 1.82) is 0 Å². The molecule has 4 rings (SSSR count). The maximum Gasteiger partial charge on any atom is 0.273 e. The van der Waals surface area contributed by atoms with Gasteiger partial charge < -0.3 is 9.80 Å². The minimum absolute atomic E-state index is 0.0251. The molecule has 0 saturated carbocycles. The molecular weight excluding hydrogens is 330 g/mol. The summed E-state index contributed by atoms with van der Waals surface area (Å²) in [6.07, 6.45) is 2.54.